The van der Waals surface area contributed by atoms with E-state index in [-0.39, 0.29) is 32.0 Å². The molecule has 1 aliphatic heterocycles. The maximum atomic E-state index is 14.1. The van der Waals surface area contributed by atoms with Gasteiger partial charge in [0, 0.05) is 18.8 Å². The maximum Gasteiger partial charge on any atom is 0.258 e. The van der Waals surface area contributed by atoms with Crippen LogP contribution in [0.3, 0.4) is 0 Å². The molecular formula is C17H15F3N2O4S. The Morgan fingerprint density at radius 2 is 1.67 bits per heavy atom. The molecule has 0 radical (unpaired) electrons. The van der Waals surface area contributed by atoms with E-state index in [1.54, 1.807) is 0 Å². The van der Waals surface area contributed by atoms with Crippen molar-refractivity contribution in [3.05, 3.63) is 59.4 Å². The normalized spacial score (nSPS) is 15.5. The van der Waals surface area contributed by atoms with E-state index in [0.717, 1.165) is 34.6 Å². The lowest BCUT2D eigenvalue weighted by Gasteiger charge is -2.26. The van der Waals surface area contributed by atoms with Crippen LogP contribution in [0.15, 0.2) is 41.3 Å². The van der Waals surface area contributed by atoms with Crippen molar-refractivity contribution in [3.8, 4) is 0 Å². The SMILES string of the molecule is O=C(Nc1ccc(F)c(S(=O)(=O)N2CCOCC2)c1)c1cc(F)ccc1F. The Labute approximate surface area is 153 Å². The van der Waals surface area contributed by atoms with Crippen LogP contribution in [0, 0.1) is 17.5 Å². The van der Waals surface area contributed by atoms with Crippen molar-refractivity contribution >= 4 is 21.6 Å². The molecule has 10 heteroatoms. The van der Waals surface area contributed by atoms with Crippen molar-refractivity contribution in [1.29, 1.82) is 0 Å². The number of carbonyl (C=O) groups is 1. The molecule has 0 bridgehead atoms. The first-order chi connectivity index (χ1) is 12.8. The van der Waals surface area contributed by atoms with E-state index in [1.807, 2.05) is 0 Å². The highest BCUT2D eigenvalue weighted by Crippen LogP contribution is 2.24. The van der Waals surface area contributed by atoms with E-state index in [4.69, 9.17) is 4.74 Å². The summed E-state index contributed by atoms with van der Waals surface area (Å²) in [5, 5.41) is 2.25. The molecule has 0 aliphatic carbocycles. The fourth-order valence-corrected chi connectivity index (χ4v) is 4.07. The van der Waals surface area contributed by atoms with Crippen molar-refractivity contribution < 1.29 is 31.1 Å². The zero-order valence-corrected chi connectivity index (χ0v) is 14.7. The van der Waals surface area contributed by atoms with E-state index in [2.05, 4.69) is 5.32 Å². The van der Waals surface area contributed by atoms with Gasteiger partial charge in [-0.15, -0.1) is 0 Å². The molecule has 0 unspecified atom stereocenters. The van der Waals surface area contributed by atoms with Crippen LogP contribution in [0.4, 0.5) is 18.9 Å². The van der Waals surface area contributed by atoms with Gasteiger partial charge in [-0.1, -0.05) is 0 Å². The second-order valence-electron chi connectivity index (χ2n) is 5.74. The second-order valence-corrected chi connectivity index (χ2v) is 7.65. The summed E-state index contributed by atoms with van der Waals surface area (Å²) >= 11 is 0. The summed E-state index contributed by atoms with van der Waals surface area (Å²) in [6.07, 6.45) is 0. The highest BCUT2D eigenvalue weighted by Gasteiger charge is 2.29. The molecule has 1 heterocycles. The van der Waals surface area contributed by atoms with E-state index >= 15 is 0 Å². The summed E-state index contributed by atoms with van der Waals surface area (Å²) in [6.45, 7) is 0.534. The Balaban J connectivity index is 1.89. The third-order valence-electron chi connectivity index (χ3n) is 3.95. The number of halogens is 3. The number of sulfonamides is 1. The minimum Gasteiger partial charge on any atom is -0.379 e. The second kappa shape index (κ2) is 7.67. The highest BCUT2D eigenvalue weighted by molar-refractivity contribution is 7.89. The molecule has 2 aromatic rings. The lowest BCUT2D eigenvalue weighted by atomic mass is 10.2. The molecule has 27 heavy (non-hydrogen) atoms. The number of rotatable bonds is 4. The molecule has 1 fully saturated rings. The molecule has 0 saturated carbocycles. The zero-order valence-electron chi connectivity index (χ0n) is 13.9. The summed E-state index contributed by atoms with van der Waals surface area (Å²) in [5.74, 6) is -3.74. The number of benzene rings is 2. The van der Waals surface area contributed by atoms with Crippen LogP contribution < -0.4 is 5.32 Å². The van der Waals surface area contributed by atoms with Crippen molar-refractivity contribution in [2.75, 3.05) is 31.6 Å². The van der Waals surface area contributed by atoms with Gasteiger partial charge in [-0.3, -0.25) is 4.79 Å². The number of carbonyl (C=O) groups excluding carboxylic acids is 1. The first-order valence-electron chi connectivity index (χ1n) is 7.93. The van der Waals surface area contributed by atoms with Crippen LogP contribution in [0.25, 0.3) is 0 Å². The first kappa shape index (κ1) is 19.3. The van der Waals surface area contributed by atoms with Crippen LogP contribution >= 0.6 is 0 Å². The summed E-state index contributed by atoms with van der Waals surface area (Å²) in [5.41, 5.74) is -0.631. The Bertz CT molecular complexity index is 976. The zero-order chi connectivity index (χ0) is 19.6. The van der Waals surface area contributed by atoms with Crippen LogP contribution in [0.1, 0.15) is 10.4 Å². The van der Waals surface area contributed by atoms with Crippen LogP contribution in [-0.4, -0.2) is 44.9 Å². The van der Waals surface area contributed by atoms with Gasteiger partial charge in [0.2, 0.25) is 10.0 Å². The Morgan fingerprint density at radius 3 is 2.37 bits per heavy atom. The lowest BCUT2D eigenvalue weighted by Crippen LogP contribution is -2.40. The molecule has 0 spiro atoms. The highest BCUT2D eigenvalue weighted by atomic mass is 32.2. The minimum absolute atomic E-state index is 0.0723. The van der Waals surface area contributed by atoms with Gasteiger partial charge < -0.3 is 10.1 Å². The number of nitrogens with one attached hydrogen (secondary N) is 1. The molecule has 2 aromatic carbocycles. The van der Waals surface area contributed by atoms with E-state index in [9.17, 15) is 26.4 Å². The predicted molar refractivity (Wildman–Crippen MR) is 90.3 cm³/mol. The van der Waals surface area contributed by atoms with Gasteiger partial charge in [-0.05, 0) is 36.4 Å². The van der Waals surface area contributed by atoms with Gasteiger partial charge in [0.05, 0.1) is 18.8 Å². The van der Waals surface area contributed by atoms with Gasteiger partial charge in [-0.2, -0.15) is 4.31 Å². The van der Waals surface area contributed by atoms with Gasteiger partial charge >= 0.3 is 0 Å². The largest absolute Gasteiger partial charge is 0.379 e. The van der Waals surface area contributed by atoms with Crippen molar-refractivity contribution in [2.24, 2.45) is 0 Å². The molecule has 1 aliphatic rings. The van der Waals surface area contributed by atoms with Gasteiger partial charge in [0.1, 0.15) is 22.3 Å². The average Bonchev–Trinajstić information content (AvgIpc) is 2.65. The van der Waals surface area contributed by atoms with Gasteiger partial charge in [-0.25, -0.2) is 21.6 Å². The van der Waals surface area contributed by atoms with E-state index in [0.29, 0.717) is 6.07 Å². The smallest absolute Gasteiger partial charge is 0.258 e. The van der Waals surface area contributed by atoms with E-state index < -0.39 is 43.8 Å². The number of hydrogen-bond donors (Lipinski definition) is 1. The number of anilines is 1. The molecule has 1 amide bonds. The average molecular weight is 400 g/mol. The minimum atomic E-state index is -4.14. The molecule has 0 atom stereocenters. The summed E-state index contributed by atoms with van der Waals surface area (Å²) in [6, 6.07) is 5.31. The first-order valence-corrected chi connectivity index (χ1v) is 9.37. The predicted octanol–water partition coefficient (Wildman–Crippen LogP) is 2.38. The van der Waals surface area contributed by atoms with Gasteiger partial charge in [0.15, 0.2) is 0 Å². The van der Waals surface area contributed by atoms with Crippen molar-refractivity contribution in [3.63, 3.8) is 0 Å². The number of hydrogen-bond acceptors (Lipinski definition) is 4. The third-order valence-corrected chi connectivity index (χ3v) is 5.86. The van der Waals surface area contributed by atoms with Crippen LogP contribution in [-0.2, 0) is 14.8 Å². The molecule has 1 saturated heterocycles. The van der Waals surface area contributed by atoms with Crippen molar-refractivity contribution in [2.45, 2.75) is 4.90 Å². The Hall–Kier alpha value is -2.43. The fraction of sp³-hybridized carbons (Fsp3) is 0.235. The lowest BCUT2D eigenvalue weighted by molar-refractivity contribution is 0.0729. The summed E-state index contributed by atoms with van der Waals surface area (Å²) < 4.78 is 72.5. The number of amides is 1. The van der Waals surface area contributed by atoms with Crippen LogP contribution in [0.2, 0.25) is 0 Å². The number of ether oxygens (including phenoxy) is 1. The monoisotopic (exact) mass is 400 g/mol. The number of nitrogens with zero attached hydrogens (tertiary/aromatic N) is 1. The van der Waals surface area contributed by atoms with Gasteiger partial charge in [0.25, 0.3) is 5.91 Å². The quantitative estimate of drug-likeness (QED) is 0.855. The molecule has 6 nitrogen and oxygen atoms in total. The Morgan fingerprint density at radius 1 is 1.00 bits per heavy atom. The molecule has 3 rings (SSSR count). The molecule has 144 valence electrons. The number of morpholine rings is 1. The molecular weight excluding hydrogens is 385 g/mol. The topological polar surface area (TPSA) is 75.7 Å². The summed E-state index contributed by atoms with van der Waals surface area (Å²) in [7, 11) is -4.14. The Kier molecular flexibility index (Phi) is 5.49. The third kappa shape index (κ3) is 4.12. The van der Waals surface area contributed by atoms with Crippen molar-refractivity contribution in [1.82, 2.24) is 4.31 Å². The summed E-state index contributed by atoms with van der Waals surface area (Å²) in [4.78, 5) is 11.5. The maximum absolute atomic E-state index is 14.1. The van der Waals surface area contributed by atoms with E-state index in [1.165, 1.54) is 0 Å². The fourth-order valence-electron chi connectivity index (χ4n) is 2.57. The van der Waals surface area contributed by atoms with Crippen LogP contribution in [0.5, 0.6) is 0 Å². The standard InChI is InChI=1S/C17H15F3N2O4S/c18-11-1-3-14(19)13(9-11)17(23)21-12-2-4-15(20)16(10-12)27(24,25)22-5-7-26-8-6-22/h1-4,9-10H,5-8H2,(H,21,23). The molecule has 1 N–H and O–H groups in total. The molecule has 0 aromatic heterocycles.